The highest BCUT2D eigenvalue weighted by atomic mass is 19.1. The molecule has 1 aliphatic rings. The summed E-state index contributed by atoms with van der Waals surface area (Å²) in [5, 5.41) is 10.0. The number of aliphatic hydroxyl groups is 1. The molecule has 1 unspecified atom stereocenters. The van der Waals surface area contributed by atoms with Gasteiger partial charge in [-0.1, -0.05) is 6.07 Å². The van der Waals surface area contributed by atoms with Crippen LogP contribution in [0.15, 0.2) is 18.2 Å². The smallest absolute Gasteiger partial charge is 0.146 e. The minimum absolute atomic E-state index is 0.192. The molecule has 18 heavy (non-hydrogen) atoms. The summed E-state index contributed by atoms with van der Waals surface area (Å²) in [7, 11) is 0. The lowest BCUT2D eigenvalue weighted by atomic mass is 9.98. The summed E-state index contributed by atoms with van der Waals surface area (Å²) in [5.41, 5.74) is 6.03. The summed E-state index contributed by atoms with van der Waals surface area (Å²) in [6.07, 6.45) is 2.58. The number of likely N-dealkylation sites (tertiary alicyclic amines) is 1. The normalized spacial score (nSPS) is 25.9. The van der Waals surface area contributed by atoms with E-state index in [9.17, 15) is 9.50 Å². The van der Waals surface area contributed by atoms with Crippen molar-refractivity contribution in [2.45, 2.75) is 38.3 Å². The molecule has 3 N–H and O–H groups in total. The number of nitrogen functional groups attached to an aromatic ring is 1. The number of nitrogens with zero attached hydrogens (tertiary/aromatic N) is 1. The van der Waals surface area contributed by atoms with E-state index in [-0.39, 0.29) is 11.5 Å². The number of nitrogens with two attached hydrogens (primary N) is 1. The van der Waals surface area contributed by atoms with Crippen molar-refractivity contribution in [3.63, 3.8) is 0 Å². The summed E-state index contributed by atoms with van der Waals surface area (Å²) in [5.74, 6) is -0.352. The fourth-order valence-electron chi connectivity index (χ4n) is 2.40. The zero-order valence-electron chi connectivity index (χ0n) is 10.8. The lowest BCUT2D eigenvalue weighted by Crippen LogP contribution is -2.28. The second kappa shape index (κ2) is 5.24. The van der Waals surface area contributed by atoms with Crippen LogP contribution in [0.5, 0.6) is 0 Å². The monoisotopic (exact) mass is 252 g/mol. The molecule has 1 saturated heterocycles. The van der Waals surface area contributed by atoms with Gasteiger partial charge in [-0.2, -0.15) is 0 Å². The van der Waals surface area contributed by atoms with Crippen LogP contribution in [0.3, 0.4) is 0 Å². The number of rotatable bonds is 2. The van der Waals surface area contributed by atoms with E-state index in [1.807, 2.05) is 13.0 Å². The predicted octanol–water partition coefficient (Wildman–Crippen LogP) is 2.14. The Morgan fingerprint density at radius 1 is 1.39 bits per heavy atom. The molecule has 1 aromatic carbocycles. The van der Waals surface area contributed by atoms with Crippen LogP contribution in [0.2, 0.25) is 0 Å². The first-order valence-corrected chi connectivity index (χ1v) is 6.45. The van der Waals surface area contributed by atoms with Gasteiger partial charge in [0.2, 0.25) is 0 Å². The van der Waals surface area contributed by atoms with Gasteiger partial charge in [0, 0.05) is 13.1 Å². The van der Waals surface area contributed by atoms with Gasteiger partial charge in [-0.05, 0) is 50.4 Å². The first kappa shape index (κ1) is 13.3. The van der Waals surface area contributed by atoms with Crippen molar-refractivity contribution in [3.8, 4) is 0 Å². The van der Waals surface area contributed by atoms with Gasteiger partial charge in [-0.25, -0.2) is 4.39 Å². The van der Waals surface area contributed by atoms with E-state index in [0.717, 1.165) is 37.9 Å². The van der Waals surface area contributed by atoms with Crippen molar-refractivity contribution in [1.82, 2.24) is 4.90 Å². The maximum absolute atomic E-state index is 13.4. The number of benzene rings is 1. The summed E-state index contributed by atoms with van der Waals surface area (Å²) in [6, 6.07) is 4.97. The van der Waals surface area contributed by atoms with Crippen molar-refractivity contribution in [3.05, 3.63) is 29.6 Å². The van der Waals surface area contributed by atoms with E-state index in [0.29, 0.717) is 6.54 Å². The van der Waals surface area contributed by atoms with Crippen LogP contribution in [-0.2, 0) is 6.54 Å². The highest BCUT2D eigenvalue weighted by molar-refractivity contribution is 5.41. The van der Waals surface area contributed by atoms with E-state index < -0.39 is 5.60 Å². The number of halogens is 1. The molecular formula is C14H21FN2O. The van der Waals surface area contributed by atoms with Gasteiger partial charge < -0.3 is 10.8 Å². The third kappa shape index (κ3) is 3.43. The zero-order chi connectivity index (χ0) is 13.2. The molecule has 100 valence electrons. The second-order valence-corrected chi connectivity index (χ2v) is 5.48. The molecule has 1 fully saturated rings. The molecule has 4 heteroatoms. The van der Waals surface area contributed by atoms with Gasteiger partial charge in [0.05, 0.1) is 11.3 Å². The third-order valence-electron chi connectivity index (χ3n) is 3.63. The molecule has 1 heterocycles. The molecular weight excluding hydrogens is 231 g/mol. The van der Waals surface area contributed by atoms with Crippen LogP contribution in [-0.4, -0.2) is 28.7 Å². The Morgan fingerprint density at radius 2 is 2.17 bits per heavy atom. The van der Waals surface area contributed by atoms with Crippen LogP contribution in [0.1, 0.15) is 31.7 Å². The quantitative estimate of drug-likeness (QED) is 0.793. The van der Waals surface area contributed by atoms with Crippen molar-refractivity contribution >= 4 is 5.69 Å². The average molecular weight is 252 g/mol. The van der Waals surface area contributed by atoms with Gasteiger partial charge in [0.1, 0.15) is 5.82 Å². The molecule has 0 aromatic heterocycles. The highest BCUT2D eigenvalue weighted by Gasteiger charge is 2.24. The lowest BCUT2D eigenvalue weighted by molar-refractivity contribution is 0.0444. The largest absolute Gasteiger partial charge is 0.396 e. The van der Waals surface area contributed by atoms with Gasteiger partial charge >= 0.3 is 0 Å². The number of hydrogen-bond donors (Lipinski definition) is 2. The molecule has 1 aromatic rings. The predicted molar refractivity (Wildman–Crippen MR) is 70.6 cm³/mol. The summed E-state index contributed by atoms with van der Waals surface area (Å²) in [6.45, 7) is 4.40. The Bertz CT molecular complexity index is 420. The molecule has 0 aliphatic carbocycles. The molecule has 0 bridgehead atoms. The molecule has 1 aliphatic heterocycles. The average Bonchev–Trinajstić information content (AvgIpc) is 2.46. The van der Waals surface area contributed by atoms with Gasteiger partial charge in [-0.15, -0.1) is 0 Å². The standard InChI is InChI=1S/C14H21FN2O/c1-14(18)5-2-7-17(8-6-14)10-11-3-4-13(16)12(15)9-11/h3-4,9,18H,2,5-8,10,16H2,1H3. The van der Waals surface area contributed by atoms with E-state index in [1.54, 1.807) is 6.07 Å². The molecule has 3 nitrogen and oxygen atoms in total. The van der Waals surface area contributed by atoms with Crippen LogP contribution in [0.25, 0.3) is 0 Å². The van der Waals surface area contributed by atoms with Gasteiger partial charge in [-0.3, -0.25) is 4.90 Å². The Labute approximate surface area is 107 Å². The SMILES string of the molecule is CC1(O)CCCN(Cc2ccc(N)c(F)c2)CC1. The fourth-order valence-corrected chi connectivity index (χ4v) is 2.40. The summed E-state index contributed by atoms with van der Waals surface area (Å²) < 4.78 is 13.4. The van der Waals surface area contributed by atoms with Crippen LogP contribution >= 0.6 is 0 Å². The Balaban J connectivity index is 1.98. The third-order valence-corrected chi connectivity index (χ3v) is 3.63. The molecule has 0 radical (unpaired) electrons. The highest BCUT2D eigenvalue weighted by Crippen LogP contribution is 2.23. The summed E-state index contributed by atoms with van der Waals surface area (Å²) in [4.78, 5) is 2.26. The van der Waals surface area contributed by atoms with Crippen molar-refractivity contribution < 1.29 is 9.50 Å². The van der Waals surface area contributed by atoms with E-state index in [1.165, 1.54) is 6.07 Å². The Hall–Kier alpha value is -1.13. The minimum Gasteiger partial charge on any atom is -0.396 e. The second-order valence-electron chi connectivity index (χ2n) is 5.48. The van der Waals surface area contributed by atoms with E-state index >= 15 is 0 Å². The van der Waals surface area contributed by atoms with E-state index in [2.05, 4.69) is 4.90 Å². The molecule has 1 atom stereocenters. The van der Waals surface area contributed by atoms with Crippen LogP contribution in [0.4, 0.5) is 10.1 Å². The van der Waals surface area contributed by atoms with Crippen molar-refractivity contribution in [2.75, 3.05) is 18.8 Å². The van der Waals surface area contributed by atoms with Crippen molar-refractivity contribution in [2.24, 2.45) is 0 Å². The van der Waals surface area contributed by atoms with Crippen LogP contribution in [0, 0.1) is 5.82 Å². The maximum Gasteiger partial charge on any atom is 0.146 e. The van der Waals surface area contributed by atoms with E-state index in [4.69, 9.17) is 5.73 Å². The molecule has 0 saturated carbocycles. The summed E-state index contributed by atoms with van der Waals surface area (Å²) >= 11 is 0. The fraction of sp³-hybridized carbons (Fsp3) is 0.571. The maximum atomic E-state index is 13.4. The van der Waals surface area contributed by atoms with Crippen LogP contribution < -0.4 is 5.73 Å². The molecule has 2 rings (SSSR count). The zero-order valence-corrected chi connectivity index (χ0v) is 10.8. The Morgan fingerprint density at radius 3 is 2.89 bits per heavy atom. The topological polar surface area (TPSA) is 49.5 Å². The molecule has 0 amide bonds. The number of anilines is 1. The minimum atomic E-state index is -0.554. The first-order chi connectivity index (χ1) is 8.46. The number of hydrogen-bond acceptors (Lipinski definition) is 3. The Kier molecular flexibility index (Phi) is 3.88. The molecule has 0 spiro atoms. The van der Waals surface area contributed by atoms with Crippen molar-refractivity contribution in [1.29, 1.82) is 0 Å². The van der Waals surface area contributed by atoms with Gasteiger partial charge in [0.25, 0.3) is 0 Å². The first-order valence-electron chi connectivity index (χ1n) is 6.45. The lowest BCUT2D eigenvalue weighted by Gasteiger charge is -2.22. The van der Waals surface area contributed by atoms with Gasteiger partial charge in [0.15, 0.2) is 0 Å².